The molecular formula is C7HF13O5S. The summed E-state index contributed by atoms with van der Waals surface area (Å²) >= 11 is 0. The summed E-state index contributed by atoms with van der Waals surface area (Å²) in [7, 11) is -7.34. The Labute approximate surface area is 132 Å². The summed E-state index contributed by atoms with van der Waals surface area (Å²) in [6, 6.07) is -4.03. The van der Waals surface area contributed by atoms with Gasteiger partial charge < -0.3 is 4.74 Å². The van der Waals surface area contributed by atoms with Crippen LogP contribution in [0.15, 0.2) is 12.1 Å². The Morgan fingerprint density at radius 3 is 1.42 bits per heavy atom. The summed E-state index contributed by atoms with van der Waals surface area (Å²) in [5.41, 5.74) is 0. The first-order chi connectivity index (χ1) is 11.0. The van der Waals surface area contributed by atoms with Crippen molar-refractivity contribution in [1.82, 2.24) is 0 Å². The van der Waals surface area contributed by atoms with Crippen LogP contribution in [0.5, 0.6) is 0 Å². The van der Waals surface area contributed by atoms with E-state index in [0.29, 0.717) is 0 Å². The fourth-order valence-electron chi connectivity index (χ4n) is 0.881. The molecule has 0 fully saturated rings. The second kappa shape index (κ2) is 6.59. The third kappa shape index (κ3) is 4.24. The van der Waals surface area contributed by atoms with Crippen molar-refractivity contribution in [2.24, 2.45) is 0 Å². The maximum absolute atomic E-state index is 13.3. The molecule has 156 valence electrons. The average molecular weight is 444 g/mol. The second-order valence-corrected chi connectivity index (χ2v) is 5.32. The maximum atomic E-state index is 13.3. The van der Waals surface area contributed by atoms with Crippen LogP contribution in [0.2, 0.25) is 0 Å². The van der Waals surface area contributed by atoms with Crippen molar-refractivity contribution in [2.45, 2.75) is 29.5 Å². The molecule has 1 unspecified atom stereocenters. The van der Waals surface area contributed by atoms with Crippen LogP contribution in [0.1, 0.15) is 0 Å². The molecule has 0 saturated heterocycles. The van der Waals surface area contributed by atoms with Crippen LogP contribution in [0.4, 0.5) is 57.1 Å². The predicted molar refractivity (Wildman–Crippen MR) is 48.8 cm³/mol. The van der Waals surface area contributed by atoms with Crippen molar-refractivity contribution in [3.8, 4) is 0 Å². The van der Waals surface area contributed by atoms with E-state index >= 15 is 0 Å². The molecule has 0 radical (unpaired) electrons. The number of hydrogen-bond donors (Lipinski definition) is 1. The monoisotopic (exact) mass is 444 g/mol. The molecular weight excluding hydrogens is 443 g/mol. The number of ether oxygens (including phenoxy) is 2. The number of halogens is 13. The van der Waals surface area contributed by atoms with Gasteiger partial charge in [-0.2, -0.15) is 65.5 Å². The number of hydrogen-bond acceptors (Lipinski definition) is 4. The van der Waals surface area contributed by atoms with E-state index in [9.17, 15) is 65.5 Å². The molecule has 0 spiro atoms. The van der Waals surface area contributed by atoms with Gasteiger partial charge in [0.2, 0.25) is 0 Å². The van der Waals surface area contributed by atoms with Crippen molar-refractivity contribution in [1.29, 1.82) is 0 Å². The van der Waals surface area contributed by atoms with Gasteiger partial charge in [-0.15, -0.1) is 0 Å². The standard InChI is InChI=1S/C7HF13O5S/c8-1(9)2(10)24-3(11,4(12,13)14)5(15,16)25-6(17,18)7(19,20)26(21,22)23/h(H,21,22,23). The molecule has 19 heteroatoms. The third-order valence-corrected chi connectivity index (χ3v) is 2.92. The van der Waals surface area contributed by atoms with Crippen molar-refractivity contribution < 1.29 is 79.5 Å². The Bertz CT molecular complexity index is 663. The summed E-state index contributed by atoms with van der Waals surface area (Å²) in [6.07, 6.45) is -26.2. The first-order valence-electron chi connectivity index (χ1n) is 4.99. The first-order valence-corrected chi connectivity index (χ1v) is 6.43. The Balaban J connectivity index is 6.27. The molecule has 0 heterocycles. The molecule has 1 N–H and O–H groups in total. The van der Waals surface area contributed by atoms with Crippen LogP contribution in [0, 0.1) is 0 Å². The van der Waals surface area contributed by atoms with Crippen molar-refractivity contribution >= 4 is 10.1 Å². The van der Waals surface area contributed by atoms with Crippen molar-refractivity contribution in [2.75, 3.05) is 0 Å². The zero-order chi connectivity index (χ0) is 21.6. The van der Waals surface area contributed by atoms with E-state index in [2.05, 4.69) is 0 Å². The van der Waals surface area contributed by atoms with E-state index < -0.39 is 51.7 Å². The average Bonchev–Trinajstić information content (AvgIpc) is 2.33. The fourth-order valence-corrected chi connectivity index (χ4v) is 1.22. The van der Waals surface area contributed by atoms with Crippen molar-refractivity contribution in [3.63, 3.8) is 0 Å². The van der Waals surface area contributed by atoms with E-state index in [-0.39, 0.29) is 0 Å². The Morgan fingerprint density at radius 1 is 0.769 bits per heavy atom. The summed E-state index contributed by atoms with van der Waals surface area (Å²) in [6.45, 7) is 0. The molecule has 1 atom stereocenters. The van der Waals surface area contributed by atoms with Gasteiger partial charge in [-0.25, -0.2) is 4.74 Å². The molecule has 0 aromatic rings. The Morgan fingerprint density at radius 2 is 1.15 bits per heavy atom. The van der Waals surface area contributed by atoms with Gasteiger partial charge >= 0.3 is 51.7 Å². The maximum Gasteiger partial charge on any atom is 0.470 e. The van der Waals surface area contributed by atoms with Crippen molar-refractivity contribution in [3.05, 3.63) is 12.1 Å². The van der Waals surface area contributed by atoms with Crippen LogP contribution in [-0.4, -0.2) is 42.5 Å². The topological polar surface area (TPSA) is 72.8 Å². The van der Waals surface area contributed by atoms with Crippen LogP contribution >= 0.6 is 0 Å². The zero-order valence-electron chi connectivity index (χ0n) is 10.9. The predicted octanol–water partition coefficient (Wildman–Crippen LogP) is 3.95. The number of alkyl halides is 10. The Kier molecular flexibility index (Phi) is 6.21. The van der Waals surface area contributed by atoms with Gasteiger partial charge in [0.05, 0.1) is 0 Å². The summed E-state index contributed by atoms with van der Waals surface area (Å²) in [5, 5.41) is -7.09. The summed E-state index contributed by atoms with van der Waals surface area (Å²) in [4.78, 5) is 0. The van der Waals surface area contributed by atoms with E-state index in [0.717, 1.165) is 0 Å². The van der Waals surface area contributed by atoms with Gasteiger partial charge in [0.15, 0.2) is 0 Å². The highest BCUT2D eigenvalue weighted by molar-refractivity contribution is 7.86. The molecule has 0 aliphatic heterocycles. The Hall–Kier alpha value is -1.50. The van der Waals surface area contributed by atoms with Gasteiger partial charge in [0, 0.05) is 0 Å². The van der Waals surface area contributed by atoms with Gasteiger partial charge in [0.25, 0.3) is 0 Å². The molecule has 26 heavy (non-hydrogen) atoms. The molecule has 0 bridgehead atoms. The van der Waals surface area contributed by atoms with Crippen LogP contribution in [0.25, 0.3) is 0 Å². The zero-order valence-corrected chi connectivity index (χ0v) is 11.7. The lowest BCUT2D eigenvalue weighted by Gasteiger charge is -2.35. The minimum Gasteiger partial charge on any atom is -0.414 e. The molecule has 0 aliphatic carbocycles. The molecule has 0 amide bonds. The minimum atomic E-state index is -7.46. The highest BCUT2D eigenvalue weighted by Crippen LogP contribution is 2.52. The van der Waals surface area contributed by atoms with Crippen LogP contribution in [-0.2, 0) is 19.6 Å². The largest absolute Gasteiger partial charge is 0.470 e. The lowest BCUT2D eigenvalue weighted by molar-refractivity contribution is -0.506. The lowest BCUT2D eigenvalue weighted by atomic mass is 10.2. The van der Waals surface area contributed by atoms with E-state index in [1.54, 1.807) is 0 Å². The van der Waals surface area contributed by atoms with Gasteiger partial charge in [-0.1, -0.05) is 0 Å². The second-order valence-electron chi connectivity index (χ2n) is 3.86. The fraction of sp³-hybridized carbons (Fsp3) is 0.714. The van der Waals surface area contributed by atoms with Crippen LogP contribution < -0.4 is 0 Å². The highest BCUT2D eigenvalue weighted by atomic mass is 32.2. The summed E-state index contributed by atoms with van der Waals surface area (Å²) in [5.74, 6) is -7.27. The first kappa shape index (κ1) is 24.5. The third-order valence-electron chi connectivity index (χ3n) is 2.04. The van der Waals surface area contributed by atoms with Gasteiger partial charge in [-0.05, 0) is 0 Å². The summed E-state index contributed by atoms with van der Waals surface area (Å²) < 4.78 is 193. The van der Waals surface area contributed by atoms with E-state index in [1.165, 1.54) is 4.74 Å². The smallest absolute Gasteiger partial charge is 0.414 e. The number of rotatable bonds is 7. The normalized spacial score (nSPS) is 16.8. The van der Waals surface area contributed by atoms with Gasteiger partial charge in [0.1, 0.15) is 0 Å². The molecule has 0 aliphatic rings. The minimum absolute atomic E-state index is 1.48. The highest BCUT2D eigenvalue weighted by Gasteiger charge is 2.81. The molecule has 0 saturated carbocycles. The van der Waals surface area contributed by atoms with Gasteiger partial charge in [-0.3, -0.25) is 4.55 Å². The SMILES string of the molecule is O=S(=O)(O)C(F)(F)C(F)(F)OC(F)(F)C(F)(OC(F)=C(F)F)C(F)(F)F. The molecule has 0 aromatic carbocycles. The molecule has 0 rings (SSSR count). The van der Waals surface area contributed by atoms with E-state index in [1.807, 2.05) is 4.74 Å². The van der Waals surface area contributed by atoms with Crippen LogP contribution in [0.3, 0.4) is 0 Å². The molecule has 0 aromatic heterocycles. The lowest BCUT2D eigenvalue weighted by Crippen LogP contribution is -2.62. The van der Waals surface area contributed by atoms with E-state index in [4.69, 9.17) is 4.55 Å². The quantitative estimate of drug-likeness (QED) is 0.366. The molecule has 5 nitrogen and oxygen atoms in total.